The van der Waals surface area contributed by atoms with E-state index in [2.05, 4.69) is 11.4 Å². The standard InChI is InChI=1S/C11H11ClN2S/c12-9-1-3-10(4-2-9)14-11(7-13)5-6-15-8-11/h1-4,14H,5-6,8H2. The van der Waals surface area contributed by atoms with Crippen molar-refractivity contribution in [1.82, 2.24) is 0 Å². The largest absolute Gasteiger partial charge is 0.367 e. The lowest BCUT2D eigenvalue weighted by molar-refractivity contribution is 0.666. The van der Waals surface area contributed by atoms with Crippen molar-refractivity contribution in [2.75, 3.05) is 16.8 Å². The van der Waals surface area contributed by atoms with Gasteiger partial charge in [-0.05, 0) is 36.4 Å². The molecular weight excluding hydrogens is 228 g/mol. The predicted molar refractivity (Wildman–Crippen MR) is 65.4 cm³/mol. The Kier molecular flexibility index (Phi) is 3.08. The Balaban J connectivity index is 2.14. The molecule has 1 aliphatic rings. The minimum Gasteiger partial charge on any atom is -0.367 e. The van der Waals surface area contributed by atoms with Crippen LogP contribution in [0.25, 0.3) is 0 Å². The van der Waals surface area contributed by atoms with E-state index in [0.717, 1.165) is 23.6 Å². The second-order valence-electron chi connectivity index (χ2n) is 3.63. The van der Waals surface area contributed by atoms with E-state index in [0.29, 0.717) is 5.02 Å². The summed E-state index contributed by atoms with van der Waals surface area (Å²) in [4.78, 5) is 0. The fourth-order valence-electron chi connectivity index (χ4n) is 1.59. The number of halogens is 1. The maximum Gasteiger partial charge on any atom is 0.135 e. The third-order valence-corrected chi connectivity index (χ3v) is 3.91. The molecule has 1 N–H and O–H groups in total. The van der Waals surface area contributed by atoms with Crippen LogP contribution in [0, 0.1) is 11.3 Å². The number of hydrogen-bond donors (Lipinski definition) is 1. The molecule has 1 atom stereocenters. The summed E-state index contributed by atoms with van der Waals surface area (Å²) in [7, 11) is 0. The highest BCUT2D eigenvalue weighted by atomic mass is 35.5. The summed E-state index contributed by atoms with van der Waals surface area (Å²) < 4.78 is 0. The van der Waals surface area contributed by atoms with Crippen LogP contribution in [0.1, 0.15) is 6.42 Å². The van der Waals surface area contributed by atoms with Crippen LogP contribution in [0.5, 0.6) is 0 Å². The highest BCUT2D eigenvalue weighted by Gasteiger charge is 2.34. The first-order valence-corrected chi connectivity index (χ1v) is 6.30. The van der Waals surface area contributed by atoms with Crippen molar-refractivity contribution in [3.63, 3.8) is 0 Å². The third-order valence-electron chi connectivity index (χ3n) is 2.46. The van der Waals surface area contributed by atoms with Gasteiger partial charge < -0.3 is 5.32 Å². The number of benzene rings is 1. The number of thioether (sulfide) groups is 1. The first-order chi connectivity index (χ1) is 7.24. The summed E-state index contributed by atoms with van der Waals surface area (Å²) in [6.45, 7) is 0. The van der Waals surface area contributed by atoms with E-state index in [-0.39, 0.29) is 0 Å². The minimum atomic E-state index is -0.390. The van der Waals surface area contributed by atoms with Crippen LogP contribution < -0.4 is 5.32 Å². The normalized spacial score (nSPS) is 24.8. The van der Waals surface area contributed by atoms with Crippen LogP contribution in [0.4, 0.5) is 5.69 Å². The van der Waals surface area contributed by atoms with Crippen LogP contribution in [0.3, 0.4) is 0 Å². The maximum absolute atomic E-state index is 9.18. The maximum atomic E-state index is 9.18. The van der Waals surface area contributed by atoms with Crippen molar-refractivity contribution in [3.05, 3.63) is 29.3 Å². The van der Waals surface area contributed by atoms with E-state index in [1.807, 2.05) is 36.0 Å². The lowest BCUT2D eigenvalue weighted by Gasteiger charge is -2.22. The number of nitrogens with one attached hydrogen (secondary N) is 1. The van der Waals surface area contributed by atoms with Crippen molar-refractivity contribution in [1.29, 1.82) is 5.26 Å². The third kappa shape index (κ3) is 2.39. The van der Waals surface area contributed by atoms with Gasteiger partial charge in [-0.25, -0.2) is 0 Å². The zero-order chi connectivity index (χ0) is 10.7. The van der Waals surface area contributed by atoms with E-state index < -0.39 is 5.54 Å². The van der Waals surface area contributed by atoms with E-state index >= 15 is 0 Å². The van der Waals surface area contributed by atoms with E-state index in [9.17, 15) is 5.26 Å². The molecule has 0 amide bonds. The molecule has 1 heterocycles. The second-order valence-corrected chi connectivity index (χ2v) is 5.17. The Hall–Kier alpha value is -0.850. The molecule has 0 aliphatic carbocycles. The summed E-state index contributed by atoms with van der Waals surface area (Å²) >= 11 is 7.62. The van der Waals surface area contributed by atoms with Gasteiger partial charge in [-0.3, -0.25) is 0 Å². The van der Waals surface area contributed by atoms with E-state index in [1.54, 1.807) is 0 Å². The summed E-state index contributed by atoms with van der Waals surface area (Å²) in [5, 5.41) is 13.2. The Bertz CT molecular complexity index is 377. The average Bonchev–Trinajstić information content (AvgIpc) is 2.71. The van der Waals surface area contributed by atoms with Gasteiger partial charge >= 0.3 is 0 Å². The van der Waals surface area contributed by atoms with Crippen molar-refractivity contribution in [2.45, 2.75) is 12.0 Å². The Labute approximate surface area is 98.6 Å². The molecule has 1 unspecified atom stereocenters. The molecule has 0 radical (unpaired) electrons. The van der Waals surface area contributed by atoms with Crippen LogP contribution >= 0.6 is 23.4 Å². The lowest BCUT2D eigenvalue weighted by Crippen LogP contribution is -2.36. The molecule has 1 aliphatic heterocycles. The SMILES string of the molecule is N#CC1(Nc2ccc(Cl)cc2)CCSC1. The van der Waals surface area contributed by atoms with Gasteiger partial charge in [0.1, 0.15) is 5.54 Å². The minimum absolute atomic E-state index is 0.390. The molecule has 0 aromatic heterocycles. The van der Waals surface area contributed by atoms with Crippen molar-refractivity contribution in [3.8, 4) is 6.07 Å². The molecule has 4 heteroatoms. The molecule has 2 rings (SSSR count). The van der Waals surface area contributed by atoms with Gasteiger partial charge in [-0.2, -0.15) is 17.0 Å². The van der Waals surface area contributed by atoms with Gasteiger partial charge in [0.05, 0.1) is 6.07 Å². The Morgan fingerprint density at radius 3 is 2.67 bits per heavy atom. The lowest BCUT2D eigenvalue weighted by atomic mass is 10.0. The van der Waals surface area contributed by atoms with Crippen LogP contribution in [-0.4, -0.2) is 17.0 Å². The van der Waals surface area contributed by atoms with Crippen molar-refractivity contribution in [2.24, 2.45) is 0 Å². The summed E-state index contributed by atoms with van der Waals surface area (Å²) in [5.74, 6) is 1.90. The van der Waals surface area contributed by atoms with Gasteiger partial charge in [-0.15, -0.1) is 0 Å². The number of nitrogens with zero attached hydrogens (tertiary/aromatic N) is 1. The number of hydrogen-bond acceptors (Lipinski definition) is 3. The number of rotatable bonds is 2. The smallest absolute Gasteiger partial charge is 0.135 e. The van der Waals surface area contributed by atoms with E-state index in [4.69, 9.17) is 11.6 Å². The predicted octanol–water partition coefficient (Wildman–Crippen LogP) is 3.15. The van der Waals surface area contributed by atoms with Crippen LogP contribution in [-0.2, 0) is 0 Å². The van der Waals surface area contributed by atoms with Gasteiger partial charge in [0, 0.05) is 16.5 Å². The zero-order valence-electron chi connectivity index (χ0n) is 8.16. The topological polar surface area (TPSA) is 35.8 Å². The molecule has 15 heavy (non-hydrogen) atoms. The van der Waals surface area contributed by atoms with Gasteiger partial charge in [0.2, 0.25) is 0 Å². The quantitative estimate of drug-likeness (QED) is 0.860. The monoisotopic (exact) mass is 238 g/mol. The zero-order valence-corrected chi connectivity index (χ0v) is 9.74. The summed E-state index contributed by atoms with van der Waals surface area (Å²) in [6.07, 6.45) is 0.900. The molecule has 2 nitrogen and oxygen atoms in total. The molecule has 1 fully saturated rings. The Morgan fingerprint density at radius 1 is 1.40 bits per heavy atom. The Morgan fingerprint density at radius 2 is 2.13 bits per heavy atom. The highest BCUT2D eigenvalue weighted by molar-refractivity contribution is 7.99. The van der Waals surface area contributed by atoms with E-state index in [1.165, 1.54) is 0 Å². The van der Waals surface area contributed by atoms with Crippen molar-refractivity contribution < 1.29 is 0 Å². The van der Waals surface area contributed by atoms with Gasteiger partial charge in [-0.1, -0.05) is 11.6 Å². The molecule has 0 saturated carbocycles. The summed E-state index contributed by atoms with van der Waals surface area (Å²) in [6, 6.07) is 9.85. The van der Waals surface area contributed by atoms with Crippen molar-refractivity contribution >= 4 is 29.1 Å². The van der Waals surface area contributed by atoms with Gasteiger partial charge in [0.15, 0.2) is 0 Å². The fraction of sp³-hybridized carbons (Fsp3) is 0.364. The molecule has 0 spiro atoms. The highest BCUT2D eigenvalue weighted by Crippen LogP contribution is 2.31. The molecular formula is C11H11ClN2S. The number of nitriles is 1. The second kappa shape index (κ2) is 4.34. The number of anilines is 1. The summed E-state index contributed by atoms with van der Waals surface area (Å²) in [5.41, 5.74) is 0.571. The molecule has 78 valence electrons. The van der Waals surface area contributed by atoms with Gasteiger partial charge in [0.25, 0.3) is 0 Å². The first kappa shape index (κ1) is 10.7. The molecule has 1 aromatic rings. The molecule has 0 bridgehead atoms. The van der Waals surface area contributed by atoms with Crippen LogP contribution in [0.15, 0.2) is 24.3 Å². The first-order valence-electron chi connectivity index (χ1n) is 4.77. The average molecular weight is 239 g/mol. The van der Waals surface area contributed by atoms with Crippen LogP contribution in [0.2, 0.25) is 5.02 Å². The molecule has 1 saturated heterocycles. The molecule has 1 aromatic carbocycles. The fourth-order valence-corrected chi connectivity index (χ4v) is 2.98.